The number of rotatable bonds is 5. The van der Waals surface area contributed by atoms with E-state index in [0.29, 0.717) is 11.3 Å². The normalized spacial score (nSPS) is 12.5. The van der Waals surface area contributed by atoms with Gasteiger partial charge in [-0.2, -0.15) is 0 Å². The molecule has 0 radical (unpaired) electrons. The van der Waals surface area contributed by atoms with Crippen LogP contribution < -0.4 is 4.74 Å². The first kappa shape index (κ1) is 11.0. The first-order valence-corrected chi connectivity index (χ1v) is 4.28. The van der Waals surface area contributed by atoms with Crippen molar-refractivity contribution in [3.05, 3.63) is 29.8 Å². The summed E-state index contributed by atoms with van der Waals surface area (Å²) in [5, 5.41) is 18.1. The van der Waals surface area contributed by atoms with Crippen molar-refractivity contribution < 1.29 is 19.7 Å². The van der Waals surface area contributed by atoms with Crippen molar-refractivity contribution in [3.63, 3.8) is 0 Å². The van der Waals surface area contributed by atoms with Gasteiger partial charge in [-0.15, -0.1) is 0 Å². The molecule has 1 aromatic carbocycles. The number of aliphatic hydroxyl groups is 2. The maximum atomic E-state index is 9.34. The van der Waals surface area contributed by atoms with Crippen LogP contribution in [0, 0.1) is 0 Å². The molecule has 0 aliphatic rings. The number of benzene rings is 1. The second kappa shape index (κ2) is 5.59. The molecule has 4 heteroatoms. The van der Waals surface area contributed by atoms with Crippen LogP contribution in [0.1, 0.15) is 11.7 Å². The van der Waals surface area contributed by atoms with E-state index in [-0.39, 0.29) is 13.4 Å². The summed E-state index contributed by atoms with van der Waals surface area (Å²) in [7, 11) is 1.53. The maximum absolute atomic E-state index is 9.34. The fourth-order valence-corrected chi connectivity index (χ4v) is 1.04. The van der Waals surface area contributed by atoms with Gasteiger partial charge in [-0.05, 0) is 17.7 Å². The standard InChI is InChI=1S/C10H14O4/c1-13-7-14-9-4-2-3-8(5-9)10(12)6-11/h2-5,10-12H,6-7H2,1H3. The number of aliphatic hydroxyl groups excluding tert-OH is 2. The minimum Gasteiger partial charge on any atom is -0.468 e. The number of methoxy groups -OCH3 is 1. The van der Waals surface area contributed by atoms with Crippen LogP contribution in [0.3, 0.4) is 0 Å². The van der Waals surface area contributed by atoms with Gasteiger partial charge in [0.2, 0.25) is 0 Å². The SMILES string of the molecule is COCOc1cccc(C(O)CO)c1. The molecule has 0 fully saturated rings. The van der Waals surface area contributed by atoms with Crippen molar-refractivity contribution in [2.75, 3.05) is 20.5 Å². The molecule has 78 valence electrons. The largest absolute Gasteiger partial charge is 0.468 e. The van der Waals surface area contributed by atoms with E-state index in [9.17, 15) is 5.11 Å². The summed E-state index contributed by atoms with van der Waals surface area (Å²) in [5.74, 6) is 0.608. The first-order chi connectivity index (χ1) is 6.77. The molecule has 0 bridgehead atoms. The third-order valence-corrected chi connectivity index (χ3v) is 1.76. The van der Waals surface area contributed by atoms with E-state index >= 15 is 0 Å². The highest BCUT2D eigenvalue weighted by Gasteiger charge is 2.06. The van der Waals surface area contributed by atoms with Gasteiger partial charge in [-0.1, -0.05) is 12.1 Å². The van der Waals surface area contributed by atoms with Crippen molar-refractivity contribution in [2.45, 2.75) is 6.10 Å². The van der Waals surface area contributed by atoms with E-state index in [0.717, 1.165) is 0 Å². The summed E-state index contributed by atoms with van der Waals surface area (Å²) >= 11 is 0. The van der Waals surface area contributed by atoms with E-state index in [4.69, 9.17) is 14.6 Å². The van der Waals surface area contributed by atoms with Gasteiger partial charge < -0.3 is 19.7 Å². The third kappa shape index (κ3) is 2.99. The average molecular weight is 198 g/mol. The zero-order chi connectivity index (χ0) is 10.4. The van der Waals surface area contributed by atoms with Crippen molar-refractivity contribution in [1.29, 1.82) is 0 Å². The molecule has 0 aliphatic carbocycles. The Labute approximate surface area is 82.7 Å². The molecule has 1 unspecified atom stereocenters. The van der Waals surface area contributed by atoms with Gasteiger partial charge in [-0.25, -0.2) is 0 Å². The Bertz CT molecular complexity index is 275. The molecular formula is C10H14O4. The van der Waals surface area contributed by atoms with Crippen LogP contribution >= 0.6 is 0 Å². The quantitative estimate of drug-likeness (QED) is 0.683. The molecule has 0 saturated carbocycles. The van der Waals surface area contributed by atoms with Gasteiger partial charge in [0.25, 0.3) is 0 Å². The lowest BCUT2D eigenvalue weighted by molar-refractivity contribution is 0.0505. The van der Waals surface area contributed by atoms with Crippen LogP contribution in [0.4, 0.5) is 0 Å². The summed E-state index contributed by atoms with van der Waals surface area (Å²) in [6, 6.07) is 6.90. The Kier molecular flexibility index (Phi) is 4.39. The Balaban J connectivity index is 2.68. The zero-order valence-corrected chi connectivity index (χ0v) is 8.01. The van der Waals surface area contributed by atoms with Crippen LogP contribution in [-0.2, 0) is 4.74 Å². The Morgan fingerprint density at radius 1 is 1.43 bits per heavy atom. The molecule has 0 heterocycles. The Morgan fingerprint density at radius 3 is 2.86 bits per heavy atom. The highest BCUT2D eigenvalue weighted by Crippen LogP contribution is 2.18. The van der Waals surface area contributed by atoms with Crippen LogP contribution in [-0.4, -0.2) is 30.7 Å². The molecule has 0 spiro atoms. The Morgan fingerprint density at radius 2 is 2.21 bits per heavy atom. The van der Waals surface area contributed by atoms with Gasteiger partial charge in [-0.3, -0.25) is 0 Å². The predicted octanol–water partition coefficient (Wildman–Crippen LogP) is 0.695. The minimum absolute atomic E-state index is 0.165. The summed E-state index contributed by atoms with van der Waals surface area (Å²) < 4.78 is 9.91. The summed E-state index contributed by atoms with van der Waals surface area (Å²) in [5.41, 5.74) is 0.626. The summed E-state index contributed by atoms with van der Waals surface area (Å²) in [6.07, 6.45) is -0.860. The molecule has 1 rings (SSSR count). The smallest absolute Gasteiger partial charge is 0.188 e. The number of ether oxygens (including phenoxy) is 2. The fraction of sp³-hybridized carbons (Fsp3) is 0.400. The molecule has 0 aromatic heterocycles. The van der Waals surface area contributed by atoms with Gasteiger partial charge in [0, 0.05) is 7.11 Å². The highest BCUT2D eigenvalue weighted by molar-refractivity contribution is 5.29. The third-order valence-electron chi connectivity index (χ3n) is 1.76. The van der Waals surface area contributed by atoms with E-state index in [2.05, 4.69) is 0 Å². The van der Waals surface area contributed by atoms with E-state index < -0.39 is 6.10 Å². The lowest BCUT2D eigenvalue weighted by Crippen LogP contribution is -2.04. The molecule has 4 nitrogen and oxygen atoms in total. The highest BCUT2D eigenvalue weighted by atomic mass is 16.7. The number of hydrogen-bond acceptors (Lipinski definition) is 4. The monoisotopic (exact) mass is 198 g/mol. The molecule has 2 N–H and O–H groups in total. The van der Waals surface area contributed by atoms with Gasteiger partial charge in [0.05, 0.1) is 6.61 Å². The zero-order valence-electron chi connectivity index (χ0n) is 8.01. The van der Waals surface area contributed by atoms with E-state index in [1.165, 1.54) is 7.11 Å². The molecule has 0 aliphatic heterocycles. The van der Waals surface area contributed by atoms with E-state index in [1.807, 2.05) is 0 Å². The van der Waals surface area contributed by atoms with Crippen molar-refractivity contribution in [3.8, 4) is 5.75 Å². The fourth-order valence-electron chi connectivity index (χ4n) is 1.04. The van der Waals surface area contributed by atoms with Crippen molar-refractivity contribution in [2.24, 2.45) is 0 Å². The molecule has 14 heavy (non-hydrogen) atoms. The molecule has 1 aromatic rings. The van der Waals surface area contributed by atoms with Gasteiger partial charge >= 0.3 is 0 Å². The number of hydrogen-bond donors (Lipinski definition) is 2. The van der Waals surface area contributed by atoms with Crippen LogP contribution in [0.15, 0.2) is 24.3 Å². The second-order valence-corrected chi connectivity index (χ2v) is 2.82. The Hall–Kier alpha value is -1.10. The molecule has 1 atom stereocenters. The topological polar surface area (TPSA) is 58.9 Å². The maximum Gasteiger partial charge on any atom is 0.188 e. The summed E-state index contributed by atoms with van der Waals surface area (Å²) in [4.78, 5) is 0. The van der Waals surface area contributed by atoms with Gasteiger partial charge in [0.1, 0.15) is 11.9 Å². The average Bonchev–Trinajstić information content (AvgIpc) is 2.25. The predicted molar refractivity (Wildman–Crippen MR) is 51.0 cm³/mol. The van der Waals surface area contributed by atoms with Crippen molar-refractivity contribution in [1.82, 2.24) is 0 Å². The lowest BCUT2D eigenvalue weighted by Gasteiger charge is -2.09. The molecular weight excluding hydrogens is 184 g/mol. The molecule has 0 amide bonds. The first-order valence-electron chi connectivity index (χ1n) is 4.28. The van der Waals surface area contributed by atoms with Crippen molar-refractivity contribution >= 4 is 0 Å². The van der Waals surface area contributed by atoms with Crippen LogP contribution in [0.25, 0.3) is 0 Å². The van der Waals surface area contributed by atoms with Crippen LogP contribution in [0.2, 0.25) is 0 Å². The minimum atomic E-state index is -0.860. The molecule has 0 saturated heterocycles. The summed E-state index contributed by atoms with van der Waals surface area (Å²) in [6.45, 7) is -0.133. The lowest BCUT2D eigenvalue weighted by atomic mass is 10.1. The van der Waals surface area contributed by atoms with Gasteiger partial charge in [0.15, 0.2) is 6.79 Å². The second-order valence-electron chi connectivity index (χ2n) is 2.82. The van der Waals surface area contributed by atoms with Crippen LogP contribution in [0.5, 0.6) is 5.75 Å². The van der Waals surface area contributed by atoms with E-state index in [1.54, 1.807) is 24.3 Å².